The first-order valence-electron chi connectivity index (χ1n) is 6.65. The third-order valence-electron chi connectivity index (χ3n) is 2.49. The maximum Gasteiger partial charge on any atom is 0.234 e. The number of benzene rings is 1. The average Bonchev–Trinajstić information content (AvgIpc) is 2.34. The highest BCUT2D eigenvalue weighted by atomic mass is 32.2. The molecule has 1 rings (SSSR count). The molecule has 0 aliphatic heterocycles. The lowest BCUT2D eigenvalue weighted by molar-refractivity contribution is -0.113. The summed E-state index contributed by atoms with van der Waals surface area (Å²) in [6.07, 6.45) is 0. The molecule has 1 aromatic carbocycles. The van der Waals surface area contributed by atoms with Crippen molar-refractivity contribution in [1.29, 1.82) is 0 Å². The molecular formula is C15H24N2OS. The fourth-order valence-corrected chi connectivity index (χ4v) is 2.16. The standard InChI is InChI=1S/C15H24N2OS/c1-5-16-10-12-8-6-7-9-13(12)17-14(18)11-19-15(2,3)4/h6-9,16H,5,10-11H2,1-4H3,(H,17,18). The van der Waals surface area contributed by atoms with Crippen LogP contribution < -0.4 is 10.6 Å². The molecule has 0 radical (unpaired) electrons. The SMILES string of the molecule is CCNCc1ccccc1NC(=O)CSC(C)(C)C. The van der Waals surface area contributed by atoms with Crippen LogP contribution in [0.15, 0.2) is 24.3 Å². The molecule has 1 aromatic rings. The van der Waals surface area contributed by atoms with Crippen molar-refractivity contribution in [3.8, 4) is 0 Å². The fraction of sp³-hybridized carbons (Fsp3) is 0.533. The smallest absolute Gasteiger partial charge is 0.234 e. The molecule has 19 heavy (non-hydrogen) atoms. The number of hydrogen-bond acceptors (Lipinski definition) is 3. The van der Waals surface area contributed by atoms with Crippen molar-refractivity contribution in [1.82, 2.24) is 5.32 Å². The predicted molar refractivity (Wildman–Crippen MR) is 84.7 cm³/mol. The number of rotatable bonds is 6. The van der Waals surface area contributed by atoms with E-state index >= 15 is 0 Å². The highest BCUT2D eigenvalue weighted by Gasteiger charge is 2.14. The summed E-state index contributed by atoms with van der Waals surface area (Å²) in [6.45, 7) is 10.1. The molecule has 0 fully saturated rings. The van der Waals surface area contributed by atoms with Gasteiger partial charge in [-0.25, -0.2) is 0 Å². The topological polar surface area (TPSA) is 41.1 Å². The molecule has 0 saturated carbocycles. The van der Waals surface area contributed by atoms with E-state index in [0.717, 1.165) is 24.3 Å². The quantitative estimate of drug-likeness (QED) is 0.840. The monoisotopic (exact) mass is 280 g/mol. The summed E-state index contributed by atoms with van der Waals surface area (Å²) < 4.78 is 0.112. The Morgan fingerprint density at radius 2 is 1.95 bits per heavy atom. The van der Waals surface area contributed by atoms with Gasteiger partial charge in [0.1, 0.15) is 0 Å². The lowest BCUT2D eigenvalue weighted by Crippen LogP contribution is -2.20. The Kier molecular flexibility index (Phi) is 6.38. The van der Waals surface area contributed by atoms with Crippen molar-refractivity contribution >= 4 is 23.4 Å². The summed E-state index contributed by atoms with van der Waals surface area (Å²) in [5.41, 5.74) is 2.03. The Hall–Kier alpha value is -1.000. The summed E-state index contributed by atoms with van der Waals surface area (Å²) >= 11 is 1.66. The van der Waals surface area contributed by atoms with Crippen molar-refractivity contribution < 1.29 is 4.79 Å². The minimum Gasteiger partial charge on any atom is -0.325 e. The van der Waals surface area contributed by atoms with E-state index in [9.17, 15) is 4.79 Å². The van der Waals surface area contributed by atoms with Gasteiger partial charge < -0.3 is 10.6 Å². The molecule has 0 saturated heterocycles. The van der Waals surface area contributed by atoms with Gasteiger partial charge in [-0.05, 0) is 18.2 Å². The summed E-state index contributed by atoms with van der Waals surface area (Å²) in [6, 6.07) is 7.93. The van der Waals surface area contributed by atoms with Gasteiger partial charge in [0, 0.05) is 17.0 Å². The van der Waals surface area contributed by atoms with Crippen LogP contribution in [0.1, 0.15) is 33.3 Å². The predicted octanol–water partition coefficient (Wildman–Crippen LogP) is 3.27. The molecule has 0 aliphatic rings. The zero-order valence-electron chi connectivity index (χ0n) is 12.2. The average molecular weight is 280 g/mol. The van der Waals surface area contributed by atoms with Crippen LogP contribution in [0.5, 0.6) is 0 Å². The first-order valence-corrected chi connectivity index (χ1v) is 7.63. The molecule has 0 bridgehead atoms. The molecule has 0 atom stereocenters. The summed E-state index contributed by atoms with van der Waals surface area (Å²) in [4.78, 5) is 11.9. The van der Waals surface area contributed by atoms with Gasteiger partial charge in [0.25, 0.3) is 0 Å². The van der Waals surface area contributed by atoms with E-state index < -0.39 is 0 Å². The van der Waals surface area contributed by atoms with Gasteiger partial charge in [-0.1, -0.05) is 45.9 Å². The summed E-state index contributed by atoms with van der Waals surface area (Å²) in [5, 5.41) is 6.27. The first kappa shape index (κ1) is 16.1. The molecule has 3 nitrogen and oxygen atoms in total. The van der Waals surface area contributed by atoms with Crippen molar-refractivity contribution in [3.05, 3.63) is 29.8 Å². The van der Waals surface area contributed by atoms with Gasteiger partial charge in [-0.3, -0.25) is 4.79 Å². The van der Waals surface area contributed by atoms with E-state index in [0.29, 0.717) is 5.75 Å². The number of thioether (sulfide) groups is 1. The van der Waals surface area contributed by atoms with E-state index in [4.69, 9.17) is 0 Å². The van der Waals surface area contributed by atoms with Gasteiger partial charge in [0.2, 0.25) is 5.91 Å². The molecule has 4 heteroatoms. The largest absolute Gasteiger partial charge is 0.325 e. The molecule has 1 amide bonds. The van der Waals surface area contributed by atoms with Gasteiger partial charge in [0.05, 0.1) is 5.75 Å². The highest BCUT2D eigenvalue weighted by molar-refractivity contribution is 8.01. The third-order valence-corrected chi connectivity index (χ3v) is 3.77. The molecule has 0 aromatic heterocycles. The first-order chi connectivity index (χ1) is 8.92. The number of nitrogens with one attached hydrogen (secondary N) is 2. The van der Waals surface area contributed by atoms with E-state index in [1.165, 1.54) is 0 Å². The van der Waals surface area contributed by atoms with Crippen LogP contribution in [-0.4, -0.2) is 23.0 Å². The maximum absolute atomic E-state index is 11.9. The normalized spacial score (nSPS) is 11.4. The number of carbonyl (C=O) groups is 1. The Morgan fingerprint density at radius 1 is 1.26 bits per heavy atom. The van der Waals surface area contributed by atoms with Crippen molar-refractivity contribution in [3.63, 3.8) is 0 Å². The van der Waals surface area contributed by atoms with E-state index in [1.807, 2.05) is 24.3 Å². The highest BCUT2D eigenvalue weighted by Crippen LogP contribution is 2.23. The van der Waals surface area contributed by atoms with Crippen LogP contribution in [0.4, 0.5) is 5.69 Å². The van der Waals surface area contributed by atoms with Crippen LogP contribution in [0, 0.1) is 0 Å². The number of carbonyl (C=O) groups excluding carboxylic acids is 1. The molecular weight excluding hydrogens is 256 g/mol. The van der Waals surface area contributed by atoms with E-state index in [2.05, 4.69) is 38.3 Å². The van der Waals surface area contributed by atoms with Crippen molar-refractivity contribution in [2.24, 2.45) is 0 Å². The second-order valence-corrected chi connectivity index (χ2v) is 7.19. The molecule has 106 valence electrons. The number of amides is 1. The van der Waals surface area contributed by atoms with Crippen LogP contribution in [0.2, 0.25) is 0 Å². The second kappa shape index (κ2) is 7.56. The Bertz CT molecular complexity index is 413. The van der Waals surface area contributed by atoms with Crippen molar-refractivity contribution in [2.45, 2.75) is 39.0 Å². The van der Waals surface area contributed by atoms with Crippen LogP contribution in [0.3, 0.4) is 0 Å². The Balaban J connectivity index is 2.58. The minimum absolute atomic E-state index is 0.0591. The zero-order chi connectivity index (χ0) is 14.3. The maximum atomic E-state index is 11.9. The number of anilines is 1. The Morgan fingerprint density at radius 3 is 2.58 bits per heavy atom. The molecule has 0 spiro atoms. The van der Waals surface area contributed by atoms with Gasteiger partial charge in [-0.2, -0.15) is 0 Å². The molecule has 0 aliphatic carbocycles. The number of hydrogen-bond donors (Lipinski definition) is 2. The van der Waals surface area contributed by atoms with E-state index in [1.54, 1.807) is 11.8 Å². The third kappa shape index (κ3) is 6.64. The summed E-state index contributed by atoms with van der Waals surface area (Å²) in [5.74, 6) is 0.544. The lowest BCUT2D eigenvalue weighted by atomic mass is 10.1. The van der Waals surface area contributed by atoms with Crippen LogP contribution in [0.25, 0.3) is 0 Å². The van der Waals surface area contributed by atoms with E-state index in [-0.39, 0.29) is 10.7 Å². The lowest BCUT2D eigenvalue weighted by Gasteiger charge is -2.17. The zero-order valence-corrected chi connectivity index (χ0v) is 13.1. The number of para-hydroxylation sites is 1. The summed E-state index contributed by atoms with van der Waals surface area (Å²) in [7, 11) is 0. The molecule has 2 N–H and O–H groups in total. The van der Waals surface area contributed by atoms with Crippen LogP contribution in [-0.2, 0) is 11.3 Å². The second-order valence-electron chi connectivity index (χ2n) is 5.39. The molecule has 0 heterocycles. The fourth-order valence-electron chi connectivity index (χ4n) is 1.52. The van der Waals surface area contributed by atoms with Gasteiger partial charge in [-0.15, -0.1) is 11.8 Å². The molecule has 0 unspecified atom stereocenters. The van der Waals surface area contributed by atoms with Crippen molar-refractivity contribution in [2.75, 3.05) is 17.6 Å². The Labute approximate surface area is 120 Å². The van der Waals surface area contributed by atoms with Gasteiger partial charge >= 0.3 is 0 Å². The van der Waals surface area contributed by atoms with Crippen LogP contribution >= 0.6 is 11.8 Å². The minimum atomic E-state index is 0.0591. The van der Waals surface area contributed by atoms with Gasteiger partial charge in [0.15, 0.2) is 0 Å².